The van der Waals surface area contributed by atoms with Gasteiger partial charge < -0.3 is 5.73 Å². The second kappa shape index (κ2) is 5.61. The van der Waals surface area contributed by atoms with E-state index >= 15 is 0 Å². The Labute approximate surface area is 127 Å². The van der Waals surface area contributed by atoms with Crippen LogP contribution in [-0.2, 0) is 10.0 Å². The number of piperidine rings is 1. The van der Waals surface area contributed by atoms with Crippen LogP contribution in [-0.4, -0.2) is 24.8 Å². The minimum atomic E-state index is -3.89. The molecule has 0 aliphatic carbocycles. The van der Waals surface area contributed by atoms with E-state index in [4.69, 9.17) is 5.73 Å². The lowest BCUT2D eigenvalue weighted by molar-refractivity contribution is 0.203. The van der Waals surface area contributed by atoms with Crippen molar-refractivity contribution in [1.29, 1.82) is 0 Å². The molecule has 0 spiro atoms. The van der Waals surface area contributed by atoms with Gasteiger partial charge in [-0.25, -0.2) is 12.8 Å². The molecule has 1 aliphatic rings. The molecule has 2 N–H and O–H groups in total. The average Bonchev–Trinajstić information content (AvgIpc) is 2.33. The molecule has 1 fully saturated rings. The number of sulfonamides is 1. The fourth-order valence-electron chi connectivity index (χ4n) is 2.76. The maximum Gasteiger partial charge on any atom is 0.246 e. The van der Waals surface area contributed by atoms with Crippen molar-refractivity contribution in [3.8, 4) is 0 Å². The minimum absolute atomic E-state index is 0.0633. The molecule has 1 aromatic rings. The van der Waals surface area contributed by atoms with Gasteiger partial charge >= 0.3 is 0 Å². The zero-order valence-corrected chi connectivity index (χ0v) is 13.8. The summed E-state index contributed by atoms with van der Waals surface area (Å²) in [6.07, 6.45) is 2.56. The summed E-state index contributed by atoms with van der Waals surface area (Å²) in [5, 5.41) is 0. The molecule has 2 rings (SSSR count). The average molecular weight is 365 g/mol. The highest BCUT2D eigenvalue weighted by Crippen LogP contribution is 2.33. The molecule has 2 atom stereocenters. The first-order valence-electron chi connectivity index (χ1n) is 6.53. The maximum absolute atomic E-state index is 14.2. The van der Waals surface area contributed by atoms with Crippen LogP contribution in [0.4, 0.5) is 10.1 Å². The van der Waals surface area contributed by atoms with E-state index in [1.807, 2.05) is 13.8 Å². The molecular weight excluding hydrogens is 347 g/mol. The third-order valence-corrected chi connectivity index (χ3v) is 6.39. The number of nitrogens with zero attached hydrogens (tertiary/aromatic N) is 1. The Morgan fingerprint density at radius 3 is 2.40 bits per heavy atom. The Morgan fingerprint density at radius 1 is 1.30 bits per heavy atom. The number of rotatable bonds is 2. The number of hydrogen-bond donors (Lipinski definition) is 1. The van der Waals surface area contributed by atoms with Crippen molar-refractivity contribution in [2.45, 2.75) is 50.1 Å². The van der Waals surface area contributed by atoms with E-state index in [1.54, 1.807) is 0 Å². The Hall–Kier alpha value is -0.660. The molecule has 4 nitrogen and oxygen atoms in total. The molecule has 0 radical (unpaired) electrons. The van der Waals surface area contributed by atoms with Gasteiger partial charge in [0.05, 0.1) is 4.47 Å². The zero-order chi connectivity index (χ0) is 15.1. The van der Waals surface area contributed by atoms with Crippen LogP contribution < -0.4 is 5.73 Å². The summed E-state index contributed by atoms with van der Waals surface area (Å²) in [6.45, 7) is 3.71. The fourth-order valence-corrected chi connectivity index (χ4v) is 5.37. The smallest absolute Gasteiger partial charge is 0.246 e. The van der Waals surface area contributed by atoms with E-state index in [-0.39, 0.29) is 27.1 Å². The van der Waals surface area contributed by atoms with Crippen LogP contribution in [0.3, 0.4) is 0 Å². The van der Waals surface area contributed by atoms with Crippen molar-refractivity contribution in [2.75, 3.05) is 5.73 Å². The summed E-state index contributed by atoms with van der Waals surface area (Å²) in [4.78, 5) is -0.357. The van der Waals surface area contributed by atoms with E-state index in [9.17, 15) is 12.8 Å². The highest BCUT2D eigenvalue weighted by atomic mass is 79.9. The Kier molecular flexibility index (Phi) is 4.41. The van der Waals surface area contributed by atoms with E-state index in [0.717, 1.165) is 19.3 Å². The van der Waals surface area contributed by atoms with Gasteiger partial charge in [0.15, 0.2) is 5.82 Å². The van der Waals surface area contributed by atoms with E-state index in [2.05, 4.69) is 15.9 Å². The molecule has 0 saturated carbocycles. The Morgan fingerprint density at radius 2 is 1.85 bits per heavy atom. The van der Waals surface area contributed by atoms with Crippen molar-refractivity contribution < 1.29 is 12.8 Å². The van der Waals surface area contributed by atoms with Crippen molar-refractivity contribution >= 4 is 31.6 Å². The van der Waals surface area contributed by atoms with Crippen LogP contribution in [0.5, 0.6) is 0 Å². The first-order chi connectivity index (χ1) is 9.25. The number of nitrogens with two attached hydrogens (primary N) is 1. The number of halogens is 2. The number of anilines is 1. The van der Waals surface area contributed by atoms with Gasteiger partial charge in [0.2, 0.25) is 10.0 Å². The Balaban J connectivity index is 2.55. The van der Waals surface area contributed by atoms with Crippen LogP contribution >= 0.6 is 15.9 Å². The normalized spacial score (nSPS) is 24.8. The molecular formula is C13H18BrFN2O2S. The molecule has 0 aromatic heterocycles. The number of benzene rings is 1. The summed E-state index contributed by atoms with van der Waals surface area (Å²) in [7, 11) is -3.89. The lowest BCUT2D eigenvalue weighted by Crippen LogP contribution is -2.47. The first-order valence-corrected chi connectivity index (χ1v) is 8.76. The molecule has 112 valence electrons. The minimum Gasteiger partial charge on any atom is -0.399 e. The molecule has 1 aliphatic heterocycles. The highest BCUT2D eigenvalue weighted by Gasteiger charge is 2.37. The SMILES string of the molecule is CC1CCCC(C)N1S(=O)(=O)c1cc(N)cc(Br)c1F. The predicted octanol–water partition coefficient (Wildman–Crippen LogP) is 3.12. The lowest BCUT2D eigenvalue weighted by atomic mass is 10.0. The lowest BCUT2D eigenvalue weighted by Gasteiger charge is -2.37. The third kappa shape index (κ3) is 2.71. The quantitative estimate of drug-likeness (QED) is 0.819. The largest absolute Gasteiger partial charge is 0.399 e. The van der Waals surface area contributed by atoms with Gasteiger partial charge in [0, 0.05) is 17.8 Å². The summed E-state index contributed by atoms with van der Waals surface area (Å²) < 4.78 is 41.1. The topological polar surface area (TPSA) is 63.4 Å². The first kappa shape index (κ1) is 15.7. The molecule has 0 bridgehead atoms. The maximum atomic E-state index is 14.2. The number of nitrogen functional groups attached to an aromatic ring is 1. The van der Waals surface area contributed by atoms with Crippen LogP contribution in [0.2, 0.25) is 0 Å². The third-order valence-electron chi connectivity index (χ3n) is 3.69. The van der Waals surface area contributed by atoms with Gasteiger partial charge in [-0.1, -0.05) is 6.42 Å². The van der Waals surface area contributed by atoms with Gasteiger partial charge in [-0.05, 0) is 54.8 Å². The van der Waals surface area contributed by atoms with Gasteiger partial charge in [0.1, 0.15) is 4.90 Å². The fraction of sp³-hybridized carbons (Fsp3) is 0.538. The van der Waals surface area contributed by atoms with E-state index in [1.165, 1.54) is 16.4 Å². The van der Waals surface area contributed by atoms with Crippen LogP contribution in [0.25, 0.3) is 0 Å². The van der Waals surface area contributed by atoms with Crippen LogP contribution in [0.15, 0.2) is 21.5 Å². The van der Waals surface area contributed by atoms with Crippen molar-refractivity contribution in [3.63, 3.8) is 0 Å². The molecule has 7 heteroatoms. The number of hydrogen-bond acceptors (Lipinski definition) is 3. The predicted molar refractivity (Wildman–Crippen MR) is 80.3 cm³/mol. The Bertz CT molecular complexity index is 611. The molecule has 20 heavy (non-hydrogen) atoms. The second-order valence-corrected chi connectivity index (χ2v) is 7.94. The van der Waals surface area contributed by atoms with Gasteiger partial charge in [-0.3, -0.25) is 0 Å². The van der Waals surface area contributed by atoms with E-state index < -0.39 is 15.8 Å². The van der Waals surface area contributed by atoms with Gasteiger partial charge in [-0.2, -0.15) is 4.31 Å². The summed E-state index contributed by atoms with van der Waals surface area (Å²) in [5.41, 5.74) is 5.86. The molecule has 1 heterocycles. The zero-order valence-electron chi connectivity index (χ0n) is 11.4. The highest BCUT2D eigenvalue weighted by molar-refractivity contribution is 9.10. The van der Waals surface area contributed by atoms with E-state index in [0.29, 0.717) is 0 Å². The van der Waals surface area contributed by atoms with Gasteiger partial charge in [-0.15, -0.1) is 0 Å². The van der Waals surface area contributed by atoms with Gasteiger partial charge in [0.25, 0.3) is 0 Å². The standard InChI is InChI=1S/C13H18BrFN2O2S/c1-8-4-3-5-9(2)17(8)20(18,19)12-7-10(16)6-11(14)13(12)15/h6-9H,3-5,16H2,1-2H3. The van der Waals surface area contributed by atoms with Crippen LogP contribution in [0, 0.1) is 5.82 Å². The molecule has 1 aromatic carbocycles. The summed E-state index contributed by atoms with van der Waals surface area (Å²) in [5.74, 6) is -0.788. The second-order valence-electron chi connectivity index (χ2n) is 5.28. The molecule has 0 amide bonds. The molecule has 2 unspecified atom stereocenters. The molecule has 1 saturated heterocycles. The van der Waals surface area contributed by atoms with Crippen molar-refractivity contribution in [2.24, 2.45) is 0 Å². The summed E-state index contributed by atoms with van der Waals surface area (Å²) in [6, 6.07) is 2.27. The summed E-state index contributed by atoms with van der Waals surface area (Å²) >= 11 is 3.01. The monoisotopic (exact) mass is 364 g/mol. The van der Waals surface area contributed by atoms with Crippen LogP contribution in [0.1, 0.15) is 33.1 Å². The van der Waals surface area contributed by atoms with Crippen molar-refractivity contribution in [1.82, 2.24) is 4.31 Å². The van der Waals surface area contributed by atoms with Crippen molar-refractivity contribution in [3.05, 3.63) is 22.4 Å².